The summed E-state index contributed by atoms with van der Waals surface area (Å²) in [5.74, 6) is 1.76. The standard InChI is InChI=1S/C27H25N5O2/c1-3-34-22-16-14-19(15-17-22)24-23(26(33)29-21-12-8-5-9-13-21)18(2)28-27-30-25(31-32(24)27)20-10-6-4-7-11-20/h4-17,24H,3H2,1-2H3,(H,29,33)(H,28,30,31)/t24-/m1/s1. The summed E-state index contributed by atoms with van der Waals surface area (Å²) in [7, 11) is 0. The smallest absolute Gasteiger partial charge is 0.255 e. The van der Waals surface area contributed by atoms with Crippen LogP contribution >= 0.6 is 0 Å². The zero-order chi connectivity index (χ0) is 23.5. The molecule has 2 N–H and O–H groups in total. The molecule has 0 saturated heterocycles. The Hall–Kier alpha value is -4.39. The average Bonchev–Trinajstić information content (AvgIpc) is 3.29. The summed E-state index contributed by atoms with van der Waals surface area (Å²) in [4.78, 5) is 18.2. The first kappa shape index (κ1) is 21.5. The van der Waals surface area contributed by atoms with Crippen LogP contribution in [0.15, 0.2) is 96.2 Å². The Morgan fingerprint density at radius 2 is 1.68 bits per heavy atom. The summed E-state index contributed by atoms with van der Waals surface area (Å²) >= 11 is 0. The lowest BCUT2D eigenvalue weighted by molar-refractivity contribution is -0.113. The van der Waals surface area contributed by atoms with Gasteiger partial charge in [-0.3, -0.25) is 4.79 Å². The Morgan fingerprint density at radius 3 is 2.35 bits per heavy atom. The van der Waals surface area contributed by atoms with Gasteiger partial charge in [-0.1, -0.05) is 60.7 Å². The molecule has 7 nitrogen and oxygen atoms in total. The van der Waals surface area contributed by atoms with Crippen molar-refractivity contribution < 1.29 is 9.53 Å². The van der Waals surface area contributed by atoms with Crippen LogP contribution in [-0.2, 0) is 4.79 Å². The Balaban J connectivity index is 1.59. The van der Waals surface area contributed by atoms with E-state index in [-0.39, 0.29) is 5.91 Å². The van der Waals surface area contributed by atoms with E-state index < -0.39 is 6.04 Å². The van der Waals surface area contributed by atoms with Crippen molar-refractivity contribution in [1.82, 2.24) is 14.8 Å². The zero-order valence-corrected chi connectivity index (χ0v) is 19.0. The molecule has 0 radical (unpaired) electrons. The molecule has 3 aromatic carbocycles. The first-order valence-electron chi connectivity index (χ1n) is 11.2. The second-order valence-corrected chi connectivity index (χ2v) is 7.96. The van der Waals surface area contributed by atoms with Crippen molar-refractivity contribution in [3.8, 4) is 17.1 Å². The van der Waals surface area contributed by atoms with Gasteiger partial charge in [0.15, 0.2) is 5.82 Å². The van der Waals surface area contributed by atoms with E-state index in [1.807, 2.05) is 98.8 Å². The molecule has 170 valence electrons. The number of hydrogen-bond acceptors (Lipinski definition) is 5. The van der Waals surface area contributed by atoms with Crippen LogP contribution in [0.2, 0.25) is 0 Å². The molecule has 4 aromatic rings. The minimum atomic E-state index is -0.458. The summed E-state index contributed by atoms with van der Waals surface area (Å²) in [5.41, 5.74) is 3.85. The number of anilines is 2. The number of fused-ring (bicyclic) bond motifs is 1. The van der Waals surface area contributed by atoms with E-state index in [1.165, 1.54) is 0 Å². The maximum atomic E-state index is 13.5. The fourth-order valence-corrected chi connectivity index (χ4v) is 4.10. The minimum Gasteiger partial charge on any atom is -0.494 e. The average molecular weight is 452 g/mol. The van der Waals surface area contributed by atoms with Gasteiger partial charge in [-0.15, -0.1) is 5.10 Å². The van der Waals surface area contributed by atoms with Gasteiger partial charge in [0, 0.05) is 16.9 Å². The van der Waals surface area contributed by atoms with E-state index in [2.05, 4.69) is 10.6 Å². The maximum absolute atomic E-state index is 13.5. The summed E-state index contributed by atoms with van der Waals surface area (Å²) in [5, 5.41) is 11.1. The van der Waals surface area contributed by atoms with Crippen LogP contribution in [0.4, 0.5) is 11.6 Å². The lowest BCUT2D eigenvalue weighted by Gasteiger charge is -2.28. The van der Waals surface area contributed by atoms with Crippen molar-refractivity contribution in [3.05, 3.63) is 102 Å². The van der Waals surface area contributed by atoms with E-state index in [0.29, 0.717) is 24.0 Å². The number of allylic oxidation sites excluding steroid dienone is 1. The number of rotatable bonds is 6. The molecule has 34 heavy (non-hydrogen) atoms. The number of carbonyl (C=O) groups is 1. The van der Waals surface area contributed by atoms with Gasteiger partial charge in [-0.05, 0) is 43.7 Å². The van der Waals surface area contributed by atoms with Crippen molar-refractivity contribution >= 4 is 17.5 Å². The Labute approximate surface area is 198 Å². The lowest BCUT2D eigenvalue weighted by atomic mass is 9.95. The van der Waals surface area contributed by atoms with Gasteiger partial charge in [0.2, 0.25) is 5.95 Å². The Morgan fingerprint density at radius 1 is 1.00 bits per heavy atom. The summed E-state index contributed by atoms with van der Waals surface area (Å²) in [6, 6.07) is 26.5. The third kappa shape index (κ3) is 4.15. The molecule has 0 spiro atoms. The SMILES string of the molecule is CCOc1ccc([C@@H]2C(C(=O)Nc3ccccc3)=C(C)Nc3nc(-c4ccccc4)nn32)cc1. The van der Waals surface area contributed by atoms with Gasteiger partial charge in [-0.2, -0.15) is 4.98 Å². The molecule has 1 aromatic heterocycles. The molecule has 5 rings (SSSR count). The van der Waals surface area contributed by atoms with Crippen molar-refractivity contribution in [2.24, 2.45) is 0 Å². The first-order valence-corrected chi connectivity index (χ1v) is 11.2. The van der Waals surface area contributed by atoms with Crippen molar-refractivity contribution in [3.63, 3.8) is 0 Å². The van der Waals surface area contributed by atoms with Gasteiger partial charge in [0.1, 0.15) is 11.8 Å². The number of nitrogens with one attached hydrogen (secondary N) is 2. The quantitative estimate of drug-likeness (QED) is 0.417. The largest absolute Gasteiger partial charge is 0.494 e. The molecule has 1 aliphatic heterocycles. The molecule has 1 atom stereocenters. The number of aromatic nitrogens is 3. The van der Waals surface area contributed by atoms with Gasteiger partial charge >= 0.3 is 0 Å². The number of amides is 1. The van der Waals surface area contributed by atoms with Gasteiger partial charge in [-0.25, -0.2) is 4.68 Å². The van der Waals surface area contributed by atoms with Crippen LogP contribution in [0.3, 0.4) is 0 Å². The number of benzene rings is 3. The number of para-hydroxylation sites is 1. The molecule has 0 unspecified atom stereocenters. The normalized spacial score (nSPS) is 14.8. The van der Waals surface area contributed by atoms with E-state index in [9.17, 15) is 4.79 Å². The molecule has 0 aliphatic carbocycles. The molecule has 2 heterocycles. The molecule has 0 bridgehead atoms. The van der Waals surface area contributed by atoms with Crippen molar-refractivity contribution in [2.45, 2.75) is 19.9 Å². The van der Waals surface area contributed by atoms with Crippen LogP contribution in [0.25, 0.3) is 11.4 Å². The van der Waals surface area contributed by atoms with Gasteiger partial charge < -0.3 is 15.4 Å². The van der Waals surface area contributed by atoms with E-state index in [4.69, 9.17) is 14.8 Å². The predicted octanol–water partition coefficient (Wildman–Crippen LogP) is 5.27. The first-order chi connectivity index (χ1) is 16.6. The highest BCUT2D eigenvalue weighted by Crippen LogP contribution is 2.37. The number of nitrogens with zero attached hydrogens (tertiary/aromatic N) is 3. The van der Waals surface area contributed by atoms with E-state index in [1.54, 1.807) is 4.68 Å². The van der Waals surface area contributed by atoms with E-state index >= 15 is 0 Å². The van der Waals surface area contributed by atoms with Crippen LogP contribution < -0.4 is 15.4 Å². The maximum Gasteiger partial charge on any atom is 0.255 e. The summed E-state index contributed by atoms with van der Waals surface area (Å²) in [6.45, 7) is 4.43. The van der Waals surface area contributed by atoms with Gasteiger partial charge in [0.05, 0.1) is 12.2 Å². The molecular weight excluding hydrogens is 426 g/mol. The summed E-state index contributed by atoms with van der Waals surface area (Å²) < 4.78 is 7.40. The van der Waals surface area contributed by atoms with Gasteiger partial charge in [0.25, 0.3) is 5.91 Å². The monoisotopic (exact) mass is 451 g/mol. The lowest BCUT2D eigenvalue weighted by Crippen LogP contribution is -2.31. The zero-order valence-electron chi connectivity index (χ0n) is 19.0. The highest BCUT2D eigenvalue weighted by atomic mass is 16.5. The molecule has 7 heteroatoms. The fourth-order valence-electron chi connectivity index (χ4n) is 4.10. The number of hydrogen-bond donors (Lipinski definition) is 2. The molecule has 1 amide bonds. The minimum absolute atomic E-state index is 0.197. The van der Waals surface area contributed by atoms with Crippen LogP contribution in [0, 0.1) is 0 Å². The summed E-state index contributed by atoms with van der Waals surface area (Å²) in [6.07, 6.45) is 0. The second-order valence-electron chi connectivity index (χ2n) is 7.96. The van der Waals surface area contributed by atoms with Crippen LogP contribution in [0.5, 0.6) is 5.75 Å². The predicted molar refractivity (Wildman–Crippen MR) is 133 cm³/mol. The third-order valence-electron chi connectivity index (χ3n) is 5.67. The molecule has 1 aliphatic rings. The molecule has 0 saturated carbocycles. The Kier molecular flexibility index (Phi) is 5.82. The fraction of sp³-hybridized carbons (Fsp3) is 0.148. The highest BCUT2D eigenvalue weighted by Gasteiger charge is 2.34. The number of carbonyl (C=O) groups excluding carboxylic acids is 1. The van der Waals surface area contributed by atoms with Crippen LogP contribution in [0.1, 0.15) is 25.5 Å². The molecule has 0 fully saturated rings. The van der Waals surface area contributed by atoms with Crippen LogP contribution in [-0.4, -0.2) is 27.3 Å². The highest BCUT2D eigenvalue weighted by molar-refractivity contribution is 6.06. The molecular formula is C27H25N5O2. The Bertz CT molecular complexity index is 1330. The third-order valence-corrected chi connectivity index (χ3v) is 5.67. The number of ether oxygens (including phenoxy) is 1. The topological polar surface area (TPSA) is 81.1 Å². The van der Waals surface area contributed by atoms with E-state index in [0.717, 1.165) is 28.3 Å². The van der Waals surface area contributed by atoms with Crippen molar-refractivity contribution in [1.29, 1.82) is 0 Å². The van der Waals surface area contributed by atoms with Crippen molar-refractivity contribution in [2.75, 3.05) is 17.2 Å². The second kappa shape index (κ2) is 9.23.